The van der Waals surface area contributed by atoms with Crippen LogP contribution in [0.2, 0.25) is 0 Å². The Balaban J connectivity index is 2.16. The second-order valence-electron chi connectivity index (χ2n) is 6.12. The Bertz CT molecular complexity index is 995. The molecule has 3 rings (SSSR count). The zero-order valence-electron chi connectivity index (χ0n) is 16.5. The molecule has 2 amide bonds. The van der Waals surface area contributed by atoms with Crippen molar-refractivity contribution < 1.29 is 28.7 Å². The number of hydrazine groups is 1. The third-order valence-corrected chi connectivity index (χ3v) is 4.44. The minimum atomic E-state index is -1.11. The van der Waals surface area contributed by atoms with E-state index in [4.69, 9.17) is 14.2 Å². The fourth-order valence-corrected chi connectivity index (χ4v) is 3.11. The van der Waals surface area contributed by atoms with Crippen molar-refractivity contribution in [3.05, 3.63) is 57.6 Å². The summed E-state index contributed by atoms with van der Waals surface area (Å²) in [6.45, 7) is 1.70. The summed E-state index contributed by atoms with van der Waals surface area (Å²) < 4.78 is 15.3. The quantitative estimate of drug-likeness (QED) is 0.543. The highest BCUT2D eigenvalue weighted by Crippen LogP contribution is 2.41. The van der Waals surface area contributed by atoms with Gasteiger partial charge in [0, 0.05) is 5.69 Å². The van der Waals surface area contributed by atoms with Crippen molar-refractivity contribution in [3.63, 3.8) is 0 Å². The summed E-state index contributed by atoms with van der Waals surface area (Å²) in [7, 11) is 2.74. The van der Waals surface area contributed by atoms with Gasteiger partial charge in [0.2, 0.25) is 0 Å². The minimum absolute atomic E-state index is 0.0808. The predicted octanol–water partition coefficient (Wildman–Crippen LogP) is 2.84. The van der Waals surface area contributed by atoms with Crippen molar-refractivity contribution in [1.82, 2.24) is 10.4 Å². The van der Waals surface area contributed by atoms with Crippen LogP contribution in [0.15, 0.2) is 36.4 Å². The number of nitrogens with one attached hydrogen (secondary N) is 2. The van der Waals surface area contributed by atoms with E-state index in [2.05, 4.69) is 10.7 Å². The van der Waals surface area contributed by atoms with Crippen molar-refractivity contribution in [2.45, 2.75) is 13.1 Å². The summed E-state index contributed by atoms with van der Waals surface area (Å²) in [6.07, 6.45) is -1.99. The number of ether oxygens (including phenoxy) is 3. The zero-order chi connectivity index (χ0) is 21.8. The number of rotatable bonds is 6. The molecule has 1 aliphatic heterocycles. The maximum atomic E-state index is 13.1. The highest BCUT2D eigenvalue weighted by Gasteiger charge is 2.38. The number of amides is 2. The Morgan fingerprint density at radius 2 is 1.90 bits per heavy atom. The number of para-hydroxylation sites is 1. The highest BCUT2D eigenvalue weighted by atomic mass is 16.6. The van der Waals surface area contributed by atoms with Crippen molar-refractivity contribution in [2.75, 3.05) is 26.1 Å². The van der Waals surface area contributed by atoms with E-state index >= 15 is 0 Å². The summed E-state index contributed by atoms with van der Waals surface area (Å²) in [5.41, 5.74) is 2.85. The molecule has 0 aliphatic carbocycles. The van der Waals surface area contributed by atoms with E-state index in [0.29, 0.717) is 5.69 Å². The van der Waals surface area contributed by atoms with Crippen LogP contribution in [0.1, 0.15) is 29.0 Å². The van der Waals surface area contributed by atoms with Gasteiger partial charge in [-0.2, -0.15) is 0 Å². The molecule has 0 bridgehead atoms. The first-order chi connectivity index (χ1) is 14.4. The SMILES string of the molecule is CCOC(=O)NN1C(=O)c2ccccc2NC1c1cc(OC)c(OC)cc1[N+](=O)[O-]. The van der Waals surface area contributed by atoms with Crippen molar-refractivity contribution in [3.8, 4) is 11.5 Å². The molecular formula is C19H20N4O7. The molecule has 2 aromatic rings. The van der Waals surface area contributed by atoms with Crippen LogP contribution < -0.4 is 20.2 Å². The van der Waals surface area contributed by atoms with Crippen molar-refractivity contribution >= 4 is 23.4 Å². The number of fused-ring (bicyclic) bond motifs is 1. The number of benzene rings is 2. The largest absolute Gasteiger partial charge is 0.493 e. The lowest BCUT2D eigenvalue weighted by molar-refractivity contribution is -0.386. The van der Waals surface area contributed by atoms with Crippen LogP contribution in [0.3, 0.4) is 0 Å². The first-order valence-corrected chi connectivity index (χ1v) is 8.94. The second kappa shape index (κ2) is 8.55. The van der Waals surface area contributed by atoms with Gasteiger partial charge in [0.15, 0.2) is 17.7 Å². The molecule has 158 valence electrons. The molecule has 0 saturated carbocycles. The zero-order valence-corrected chi connectivity index (χ0v) is 16.5. The number of nitro groups is 1. The van der Waals surface area contributed by atoms with Crippen molar-refractivity contribution in [1.29, 1.82) is 0 Å². The Morgan fingerprint density at radius 3 is 2.53 bits per heavy atom. The summed E-state index contributed by atoms with van der Waals surface area (Å²) in [6, 6.07) is 9.20. The van der Waals surface area contributed by atoms with Gasteiger partial charge in [-0.05, 0) is 25.1 Å². The smallest absolute Gasteiger partial charge is 0.426 e. The average Bonchev–Trinajstić information content (AvgIpc) is 2.74. The number of nitrogens with zero attached hydrogens (tertiary/aromatic N) is 2. The van der Waals surface area contributed by atoms with E-state index < -0.39 is 23.1 Å². The molecular weight excluding hydrogens is 396 g/mol. The lowest BCUT2D eigenvalue weighted by Gasteiger charge is -2.37. The van der Waals surface area contributed by atoms with Crippen LogP contribution in [-0.4, -0.2) is 42.8 Å². The third-order valence-electron chi connectivity index (χ3n) is 4.44. The summed E-state index contributed by atoms with van der Waals surface area (Å²) in [4.78, 5) is 36.3. The molecule has 0 spiro atoms. The standard InChI is InChI=1S/C19H20N4O7/c1-4-30-19(25)21-22-17(20-13-8-6-5-7-11(13)18(22)24)12-9-15(28-2)16(29-3)10-14(12)23(26)27/h5-10,17,20H,4H2,1-3H3,(H,21,25). The Labute approximate surface area is 171 Å². The molecule has 0 saturated heterocycles. The minimum Gasteiger partial charge on any atom is -0.493 e. The molecule has 1 atom stereocenters. The van der Waals surface area contributed by atoms with Crippen LogP contribution in [0.25, 0.3) is 0 Å². The van der Waals surface area contributed by atoms with Gasteiger partial charge < -0.3 is 19.5 Å². The molecule has 0 radical (unpaired) electrons. The lowest BCUT2D eigenvalue weighted by Crippen LogP contribution is -2.53. The van der Waals surface area contributed by atoms with Gasteiger partial charge >= 0.3 is 6.09 Å². The van der Waals surface area contributed by atoms with E-state index in [0.717, 1.165) is 5.01 Å². The molecule has 0 fully saturated rings. The molecule has 0 aromatic heterocycles. The van der Waals surface area contributed by atoms with Crippen LogP contribution in [-0.2, 0) is 4.74 Å². The fraction of sp³-hybridized carbons (Fsp3) is 0.263. The molecule has 11 heteroatoms. The Morgan fingerprint density at radius 1 is 1.23 bits per heavy atom. The van der Waals surface area contributed by atoms with Gasteiger partial charge in [-0.25, -0.2) is 15.2 Å². The monoisotopic (exact) mass is 416 g/mol. The molecule has 11 nitrogen and oxygen atoms in total. The normalized spacial score (nSPS) is 15.0. The third kappa shape index (κ3) is 3.77. The molecule has 1 heterocycles. The average molecular weight is 416 g/mol. The number of hydrogen-bond donors (Lipinski definition) is 2. The van der Waals surface area contributed by atoms with E-state index in [-0.39, 0.29) is 34.9 Å². The number of hydrogen-bond acceptors (Lipinski definition) is 8. The van der Waals surface area contributed by atoms with Gasteiger partial charge in [-0.15, -0.1) is 0 Å². The van der Waals surface area contributed by atoms with Gasteiger partial charge in [-0.3, -0.25) is 14.9 Å². The molecule has 1 aliphatic rings. The number of methoxy groups -OCH3 is 2. The van der Waals surface area contributed by atoms with Crippen LogP contribution >= 0.6 is 0 Å². The first-order valence-electron chi connectivity index (χ1n) is 8.94. The predicted molar refractivity (Wildman–Crippen MR) is 105 cm³/mol. The number of anilines is 1. The first kappa shape index (κ1) is 20.7. The van der Waals surface area contributed by atoms with Gasteiger partial charge in [-0.1, -0.05) is 12.1 Å². The maximum Gasteiger partial charge on any atom is 0.426 e. The maximum absolute atomic E-state index is 13.1. The van der Waals surface area contributed by atoms with E-state index in [1.54, 1.807) is 31.2 Å². The van der Waals surface area contributed by atoms with Crippen LogP contribution in [0.5, 0.6) is 11.5 Å². The molecule has 2 aromatic carbocycles. The van der Waals surface area contributed by atoms with Crippen LogP contribution in [0, 0.1) is 10.1 Å². The summed E-state index contributed by atoms with van der Waals surface area (Å²) in [5, 5.41) is 15.8. The highest BCUT2D eigenvalue weighted by molar-refractivity contribution is 6.02. The molecule has 30 heavy (non-hydrogen) atoms. The van der Waals surface area contributed by atoms with Gasteiger partial charge in [0.25, 0.3) is 11.6 Å². The summed E-state index contributed by atoms with van der Waals surface area (Å²) in [5.74, 6) is -0.186. The summed E-state index contributed by atoms with van der Waals surface area (Å²) >= 11 is 0. The number of carbonyl (C=O) groups is 2. The van der Waals surface area contributed by atoms with Gasteiger partial charge in [0.1, 0.15) is 0 Å². The Kier molecular flexibility index (Phi) is 5.90. The molecule has 1 unspecified atom stereocenters. The fourth-order valence-electron chi connectivity index (χ4n) is 3.11. The van der Waals surface area contributed by atoms with Crippen LogP contribution in [0.4, 0.5) is 16.2 Å². The van der Waals surface area contributed by atoms with E-state index in [1.165, 1.54) is 26.4 Å². The molecule has 2 N–H and O–H groups in total. The van der Waals surface area contributed by atoms with Gasteiger partial charge in [0.05, 0.1) is 42.9 Å². The lowest BCUT2D eigenvalue weighted by atomic mass is 10.0. The second-order valence-corrected chi connectivity index (χ2v) is 6.12. The number of carbonyl (C=O) groups excluding carboxylic acids is 2. The van der Waals surface area contributed by atoms with Crippen molar-refractivity contribution in [2.24, 2.45) is 0 Å². The Hall–Kier alpha value is -4.02. The van der Waals surface area contributed by atoms with E-state index in [1.807, 2.05) is 0 Å². The topological polar surface area (TPSA) is 132 Å². The van der Waals surface area contributed by atoms with E-state index in [9.17, 15) is 19.7 Å². The number of nitro benzene ring substituents is 1.